The number of rotatable bonds is 6. The third-order valence-corrected chi connectivity index (χ3v) is 4.01. The van der Waals surface area contributed by atoms with E-state index in [0.29, 0.717) is 6.04 Å². The molecule has 1 atom stereocenters. The third-order valence-electron chi connectivity index (χ3n) is 3.02. The first kappa shape index (κ1) is 15.0. The zero-order valence-corrected chi connectivity index (χ0v) is 12.6. The molecule has 1 aromatic carbocycles. The topological polar surface area (TPSA) is 24.9 Å². The fourth-order valence-electron chi connectivity index (χ4n) is 2.00. The van der Waals surface area contributed by atoms with Gasteiger partial charge in [0.15, 0.2) is 0 Å². The summed E-state index contributed by atoms with van der Waals surface area (Å²) in [6.45, 7) is 5.18. The number of halogens is 1. The van der Waals surface area contributed by atoms with Crippen LogP contribution in [0, 0.1) is 5.82 Å². The fraction of sp³-hybridized carbons (Fsp3) is 0.312. The SMILES string of the molecule is CCNC(CC)c1ccc(Sc2ccc(F)cc2)cn1. The molecule has 0 amide bonds. The van der Waals surface area contributed by atoms with Gasteiger partial charge in [0, 0.05) is 22.0 Å². The van der Waals surface area contributed by atoms with E-state index in [1.165, 1.54) is 12.1 Å². The lowest BCUT2D eigenvalue weighted by Crippen LogP contribution is -2.20. The first-order chi connectivity index (χ1) is 9.72. The molecule has 2 nitrogen and oxygen atoms in total. The predicted octanol–water partition coefficient (Wildman–Crippen LogP) is 4.43. The predicted molar refractivity (Wildman–Crippen MR) is 81.5 cm³/mol. The van der Waals surface area contributed by atoms with Crippen LogP contribution in [0.5, 0.6) is 0 Å². The van der Waals surface area contributed by atoms with Crippen molar-refractivity contribution < 1.29 is 4.39 Å². The molecule has 0 saturated heterocycles. The van der Waals surface area contributed by atoms with Crippen LogP contribution in [-0.2, 0) is 0 Å². The fourth-order valence-corrected chi connectivity index (χ4v) is 2.79. The lowest BCUT2D eigenvalue weighted by atomic mass is 10.1. The average Bonchev–Trinajstić information content (AvgIpc) is 2.48. The van der Waals surface area contributed by atoms with Crippen molar-refractivity contribution in [1.82, 2.24) is 10.3 Å². The Morgan fingerprint density at radius 2 is 1.80 bits per heavy atom. The first-order valence-electron chi connectivity index (χ1n) is 6.85. The molecule has 1 heterocycles. The molecule has 1 aromatic heterocycles. The lowest BCUT2D eigenvalue weighted by molar-refractivity contribution is 0.524. The van der Waals surface area contributed by atoms with Gasteiger partial charge in [-0.05, 0) is 49.4 Å². The van der Waals surface area contributed by atoms with Crippen LogP contribution in [0.2, 0.25) is 0 Å². The van der Waals surface area contributed by atoms with E-state index in [-0.39, 0.29) is 5.82 Å². The van der Waals surface area contributed by atoms with Gasteiger partial charge in [0.2, 0.25) is 0 Å². The molecule has 0 aliphatic heterocycles. The molecule has 20 heavy (non-hydrogen) atoms. The van der Waals surface area contributed by atoms with E-state index in [0.717, 1.165) is 28.5 Å². The minimum Gasteiger partial charge on any atom is -0.309 e. The molecule has 1 unspecified atom stereocenters. The van der Waals surface area contributed by atoms with E-state index in [1.54, 1.807) is 23.9 Å². The average molecular weight is 290 g/mol. The van der Waals surface area contributed by atoms with Crippen LogP contribution in [0.25, 0.3) is 0 Å². The summed E-state index contributed by atoms with van der Waals surface area (Å²) in [4.78, 5) is 6.60. The molecule has 1 N–H and O–H groups in total. The second-order valence-corrected chi connectivity index (χ2v) is 5.64. The molecule has 0 fully saturated rings. The Hall–Kier alpha value is -1.39. The Balaban J connectivity index is 2.06. The summed E-state index contributed by atoms with van der Waals surface area (Å²) in [5, 5.41) is 3.41. The van der Waals surface area contributed by atoms with E-state index < -0.39 is 0 Å². The maximum Gasteiger partial charge on any atom is 0.123 e. The Labute approximate surface area is 123 Å². The van der Waals surface area contributed by atoms with Crippen LogP contribution >= 0.6 is 11.8 Å². The number of pyridine rings is 1. The van der Waals surface area contributed by atoms with Crippen molar-refractivity contribution in [1.29, 1.82) is 0 Å². The van der Waals surface area contributed by atoms with Crippen LogP contribution in [0.1, 0.15) is 32.0 Å². The minimum atomic E-state index is -0.209. The van der Waals surface area contributed by atoms with Gasteiger partial charge >= 0.3 is 0 Å². The second kappa shape index (κ2) is 7.41. The smallest absolute Gasteiger partial charge is 0.123 e. The highest BCUT2D eigenvalue weighted by Crippen LogP contribution is 2.27. The number of aromatic nitrogens is 1. The van der Waals surface area contributed by atoms with Crippen molar-refractivity contribution in [2.24, 2.45) is 0 Å². The van der Waals surface area contributed by atoms with Gasteiger partial charge in [0.05, 0.1) is 5.69 Å². The number of hydrogen-bond donors (Lipinski definition) is 1. The summed E-state index contributed by atoms with van der Waals surface area (Å²) in [5.41, 5.74) is 1.07. The molecule has 0 radical (unpaired) electrons. The van der Waals surface area contributed by atoms with Crippen molar-refractivity contribution in [3.05, 3.63) is 54.1 Å². The number of nitrogens with zero attached hydrogens (tertiary/aromatic N) is 1. The van der Waals surface area contributed by atoms with Crippen LogP contribution < -0.4 is 5.32 Å². The molecule has 2 rings (SSSR count). The van der Waals surface area contributed by atoms with Gasteiger partial charge < -0.3 is 5.32 Å². The minimum absolute atomic E-state index is 0.209. The largest absolute Gasteiger partial charge is 0.309 e. The quantitative estimate of drug-likeness (QED) is 0.851. The number of hydrogen-bond acceptors (Lipinski definition) is 3. The molecular weight excluding hydrogens is 271 g/mol. The van der Waals surface area contributed by atoms with Crippen LogP contribution in [-0.4, -0.2) is 11.5 Å². The molecule has 4 heteroatoms. The third kappa shape index (κ3) is 4.05. The van der Waals surface area contributed by atoms with Crippen molar-refractivity contribution >= 4 is 11.8 Å². The maximum absolute atomic E-state index is 12.9. The Bertz CT molecular complexity index is 525. The number of benzene rings is 1. The molecular formula is C16H19FN2S. The summed E-state index contributed by atoms with van der Waals surface area (Å²) < 4.78 is 12.9. The van der Waals surface area contributed by atoms with Gasteiger partial charge in [-0.15, -0.1) is 0 Å². The van der Waals surface area contributed by atoms with E-state index in [1.807, 2.05) is 6.20 Å². The molecule has 0 bridgehead atoms. The zero-order chi connectivity index (χ0) is 14.4. The molecule has 0 aliphatic carbocycles. The molecule has 2 aromatic rings. The first-order valence-corrected chi connectivity index (χ1v) is 7.67. The Morgan fingerprint density at radius 1 is 1.10 bits per heavy atom. The highest BCUT2D eigenvalue weighted by Gasteiger charge is 2.09. The van der Waals surface area contributed by atoms with Gasteiger partial charge in [-0.3, -0.25) is 4.98 Å². The van der Waals surface area contributed by atoms with Crippen LogP contribution in [0.3, 0.4) is 0 Å². The Morgan fingerprint density at radius 3 is 2.35 bits per heavy atom. The highest BCUT2D eigenvalue weighted by atomic mass is 32.2. The van der Waals surface area contributed by atoms with E-state index in [2.05, 4.69) is 36.3 Å². The van der Waals surface area contributed by atoms with Gasteiger partial charge in [-0.25, -0.2) is 4.39 Å². The lowest BCUT2D eigenvalue weighted by Gasteiger charge is -2.15. The molecule has 0 aliphatic rings. The van der Waals surface area contributed by atoms with E-state index in [4.69, 9.17) is 0 Å². The monoisotopic (exact) mass is 290 g/mol. The van der Waals surface area contributed by atoms with Crippen LogP contribution in [0.4, 0.5) is 4.39 Å². The highest BCUT2D eigenvalue weighted by molar-refractivity contribution is 7.99. The normalized spacial score (nSPS) is 12.3. The maximum atomic E-state index is 12.9. The van der Waals surface area contributed by atoms with Gasteiger partial charge in [0.1, 0.15) is 5.82 Å². The standard InChI is InChI=1S/C16H19FN2S/c1-3-15(18-4-2)16-10-9-14(11-19-16)20-13-7-5-12(17)6-8-13/h5-11,15,18H,3-4H2,1-2H3. The van der Waals surface area contributed by atoms with E-state index >= 15 is 0 Å². The molecule has 106 valence electrons. The van der Waals surface area contributed by atoms with Crippen LogP contribution in [0.15, 0.2) is 52.4 Å². The zero-order valence-electron chi connectivity index (χ0n) is 11.8. The van der Waals surface area contributed by atoms with E-state index in [9.17, 15) is 4.39 Å². The summed E-state index contributed by atoms with van der Waals surface area (Å²) in [7, 11) is 0. The summed E-state index contributed by atoms with van der Waals surface area (Å²) in [6.07, 6.45) is 2.90. The summed E-state index contributed by atoms with van der Waals surface area (Å²) in [5.74, 6) is -0.209. The van der Waals surface area contributed by atoms with Gasteiger partial charge in [0.25, 0.3) is 0 Å². The van der Waals surface area contributed by atoms with Crippen molar-refractivity contribution in [2.75, 3.05) is 6.54 Å². The van der Waals surface area contributed by atoms with Gasteiger partial charge in [-0.1, -0.05) is 25.6 Å². The molecule has 0 saturated carbocycles. The van der Waals surface area contributed by atoms with Crippen molar-refractivity contribution in [3.8, 4) is 0 Å². The molecule has 0 spiro atoms. The Kier molecular flexibility index (Phi) is 5.56. The number of nitrogens with one attached hydrogen (secondary N) is 1. The van der Waals surface area contributed by atoms with Crippen molar-refractivity contribution in [2.45, 2.75) is 36.1 Å². The van der Waals surface area contributed by atoms with Gasteiger partial charge in [-0.2, -0.15) is 0 Å². The van der Waals surface area contributed by atoms with Crippen molar-refractivity contribution in [3.63, 3.8) is 0 Å². The summed E-state index contributed by atoms with van der Waals surface area (Å²) >= 11 is 1.59. The second-order valence-electron chi connectivity index (χ2n) is 4.49. The summed E-state index contributed by atoms with van der Waals surface area (Å²) in [6, 6.07) is 10.9.